The fourth-order valence-corrected chi connectivity index (χ4v) is 6.78. The molecule has 0 aliphatic carbocycles. The van der Waals surface area contributed by atoms with Gasteiger partial charge in [-0.2, -0.15) is 26.3 Å². The average molecular weight is 666 g/mol. The number of carbonyl (C=O) groups is 3. The summed E-state index contributed by atoms with van der Waals surface area (Å²) in [7, 11) is 0. The predicted octanol–water partition coefficient (Wildman–Crippen LogP) is 7.07. The Kier molecular flexibility index (Phi) is 9.15. The second-order valence-corrected chi connectivity index (χ2v) is 12.6. The number of thiocarbonyl (C=S) groups is 1. The van der Waals surface area contributed by atoms with Crippen molar-refractivity contribution in [1.82, 2.24) is 9.88 Å². The van der Waals surface area contributed by atoms with Crippen LogP contribution < -0.4 is 5.32 Å². The predicted molar refractivity (Wildman–Crippen MR) is 151 cm³/mol. The zero-order valence-corrected chi connectivity index (χ0v) is 24.3. The van der Waals surface area contributed by atoms with Crippen molar-refractivity contribution in [3.05, 3.63) is 61.1 Å². The van der Waals surface area contributed by atoms with Gasteiger partial charge in [-0.25, -0.2) is 4.98 Å². The lowest BCUT2D eigenvalue weighted by molar-refractivity contribution is -0.143. The van der Waals surface area contributed by atoms with Crippen LogP contribution in [0, 0.1) is 6.92 Å². The SMILES string of the molecule is Cc1sc(NC(=O)CCN2C(=O)/C(=C/c3cc(-c4cc(C(F)(F)F)cc(C(F)(F)F)c4)cs3)SC2=S)nc1CC(=O)O. The number of thioether (sulfide) groups is 1. The van der Waals surface area contributed by atoms with E-state index in [4.69, 9.17) is 17.3 Å². The number of carboxylic acid groups (broad SMARTS) is 1. The van der Waals surface area contributed by atoms with Gasteiger partial charge in [0.25, 0.3) is 5.91 Å². The number of aryl methyl sites for hydroxylation is 1. The molecular weight excluding hydrogens is 649 g/mol. The topological polar surface area (TPSA) is 99.6 Å². The maximum absolute atomic E-state index is 13.2. The number of halogens is 6. The first-order chi connectivity index (χ1) is 19.5. The van der Waals surface area contributed by atoms with Crippen LogP contribution in [-0.4, -0.2) is 43.6 Å². The van der Waals surface area contributed by atoms with E-state index in [0.717, 1.165) is 34.4 Å². The Hall–Kier alpha value is -3.28. The molecule has 42 heavy (non-hydrogen) atoms. The van der Waals surface area contributed by atoms with Crippen LogP contribution in [0.3, 0.4) is 0 Å². The molecule has 1 fully saturated rings. The minimum absolute atomic E-state index is 0.0527. The number of alkyl halides is 6. The molecule has 0 unspecified atom stereocenters. The van der Waals surface area contributed by atoms with E-state index in [1.54, 1.807) is 6.92 Å². The first-order valence-electron chi connectivity index (χ1n) is 11.6. The summed E-state index contributed by atoms with van der Waals surface area (Å²) < 4.78 is 79.6. The van der Waals surface area contributed by atoms with Gasteiger partial charge in [-0.05, 0) is 53.8 Å². The molecule has 0 atom stereocenters. The standard InChI is InChI=1S/C25H17F6N3O4S4/c1-11-17(9-20(36)37)32-22(41-11)33-19(35)2-3-34-21(38)18(42-23(34)39)8-16-6-13(10-40-16)12-4-14(24(26,27)28)7-15(5-12)25(29,30)31/h4-8,10H,2-3,9H2,1H3,(H,36,37)(H,32,33,35)/b18-8-. The molecular formula is C25H17F6N3O4S4. The number of carbonyl (C=O) groups excluding carboxylic acids is 2. The van der Waals surface area contributed by atoms with E-state index < -0.39 is 41.3 Å². The first kappa shape index (κ1) is 31.7. The third-order valence-corrected chi connectivity index (χ3v) is 8.89. The van der Waals surface area contributed by atoms with Gasteiger partial charge in [0, 0.05) is 22.7 Å². The highest BCUT2D eigenvalue weighted by atomic mass is 32.2. The van der Waals surface area contributed by atoms with Crippen LogP contribution in [0.5, 0.6) is 0 Å². The smallest absolute Gasteiger partial charge is 0.416 e. The number of rotatable bonds is 8. The lowest BCUT2D eigenvalue weighted by Gasteiger charge is -2.13. The van der Waals surface area contributed by atoms with E-state index in [2.05, 4.69) is 10.3 Å². The molecule has 0 radical (unpaired) electrons. The van der Waals surface area contributed by atoms with Gasteiger partial charge in [0.1, 0.15) is 4.32 Å². The number of thiophene rings is 1. The molecule has 0 bridgehead atoms. The number of anilines is 1. The number of benzene rings is 1. The molecule has 1 aromatic carbocycles. The van der Waals surface area contributed by atoms with E-state index in [9.17, 15) is 40.7 Å². The lowest BCUT2D eigenvalue weighted by atomic mass is 10.0. The van der Waals surface area contributed by atoms with Crippen LogP contribution in [0.25, 0.3) is 17.2 Å². The Balaban J connectivity index is 1.44. The molecule has 2 amide bonds. The van der Waals surface area contributed by atoms with Crippen molar-refractivity contribution in [2.75, 3.05) is 11.9 Å². The molecule has 0 saturated carbocycles. The molecule has 4 rings (SSSR count). The minimum Gasteiger partial charge on any atom is -0.481 e. The summed E-state index contributed by atoms with van der Waals surface area (Å²) in [5, 5.41) is 13.1. The molecule has 222 valence electrons. The van der Waals surface area contributed by atoms with E-state index in [1.807, 2.05) is 0 Å². The molecule has 3 aromatic rings. The summed E-state index contributed by atoms with van der Waals surface area (Å²) in [4.78, 5) is 42.7. The molecule has 3 heterocycles. The summed E-state index contributed by atoms with van der Waals surface area (Å²) in [5.74, 6) is -2.06. The normalized spacial score (nSPS) is 15.1. The number of amides is 2. The van der Waals surface area contributed by atoms with Gasteiger partial charge in [-0.3, -0.25) is 19.3 Å². The number of aromatic nitrogens is 1. The van der Waals surface area contributed by atoms with Gasteiger partial charge in [0.15, 0.2) is 5.13 Å². The summed E-state index contributed by atoms with van der Waals surface area (Å²) in [5.41, 5.74) is -2.71. The van der Waals surface area contributed by atoms with Gasteiger partial charge in [0.05, 0.1) is 28.1 Å². The van der Waals surface area contributed by atoms with Gasteiger partial charge in [-0.1, -0.05) is 24.0 Å². The van der Waals surface area contributed by atoms with Crippen molar-refractivity contribution in [2.24, 2.45) is 0 Å². The fraction of sp³-hybridized carbons (Fsp3) is 0.240. The fourth-order valence-electron chi connectivity index (χ4n) is 3.71. The minimum atomic E-state index is -4.98. The van der Waals surface area contributed by atoms with Crippen LogP contribution >= 0.6 is 46.7 Å². The van der Waals surface area contributed by atoms with Crippen LogP contribution in [0.1, 0.15) is 33.0 Å². The molecule has 1 saturated heterocycles. The van der Waals surface area contributed by atoms with Crippen LogP contribution in [0.15, 0.2) is 34.6 Å². The van der Waals surface area contributed by atoms with Gasteiger partial charge < -0.3 is 10.4 Å². The number of nitrogens with one attached hydrogen (secondary N) is 1. The number of nitrogens with zero attached hydrogens (tertiary/aromatic N) is 2. The first-order valence-corrected chi connectivity index (χ1v) is 14.5. The van der Waals surface area contributed by atoms with Gasteiger partial charge >= 0.3 is 18.3 Å². The molecule has 2 aromatic heterocycles. The van der Waals surface area contributed by atoms with Crippen LogP contribution in [0.2, 0.25) is 0 Å². The van der Waals surface area contributed by atoms with E-state index >= 15 is 0 Å². The molecule has 1 aliphatic heterocycles. The maximum Gasteiger partial charge on any atom is 0.416 e. The van der Waals surface area contributed by atoms with Crippen LogP contribution in [-0.2, 0) is 33.2 Å². The van der Waals surface area contributed by atoms with Gasteiger partial charge in [0.2, 0.25) is 5.91 Å². The second-order valence-electron chi connectivity index (χ2n) is 8.76. The van der Waals surface area contributed by atoms with E-state index in [-0.39, 0.29) is 50.9 Å². The Morgan fingerprint density at radius 2 is 1.71 bits per heavy atom. The number of carboxylic acids is 1. The summed E-state index contributed by atoms with van der Waals surface area (Å²) in [6.45, 7) is 1.61. The zero-order chi connectivity index (χ0) is 31.0. The van der Waals surface area contributed by atoms with Crippen molar-refractivity contribution in [1.29, 1.82) is 0 Å². The Morgan fingerprint density at radius 3 is 2.31 bits per heavy atom. The Morgan fingerprint density at radius 1 is 1.07 bits per heavy atom. The largest absolute Gasteiger partial charge is 0.481 e. The monoisotopic (exact) mass is 665 g/mol. The molecule has 0 spiro atoms. The third-order valence-electron chi connectivity index (χ3n) is 5.71. The molecule has 1 aliphatic rings. The van der Waals surface area contributed by atoms with E-state index in [1.165, 1.54) is 22.4 Å². The third kappa shape index (κ3) is 7.56. The Labute approximate surface area is 251 Å². The number of aliphatic carboxylic acids is 1. The van der Waals surface area contributed by atoms with Crippen molar-refractivity contribution >= 4 is 80.0 Å². The van der Waals surface area contributed by atoms with Crippen LogP contribution in [0.4, 0.5) is 31.5 Å². The van der Waals surface area contributed by atoms with Crippen molar-refractivity contribution < 1.29 is 45.8 Å². The van der Waals surface area contributed by atoms with Crippen molar-refractivity contribution in [3.8, 4) is 11.1 Å². The number of thiazole rings is 1. The number of hydrogen-bond acceptors (Lipinski definition) is 8. The molecule has 7 nitrogen and oxygen atoms in total. The average Bonchev–Trinajstić information content (AvgIpc) is 3.54. The number of hydrogen-bond donors (Lipinski definition) is 2. The lowest BCUT2D eigenvalue weighted by Crippen LogP contribution is -2.31. The summed E-state index contributed by atoms with van der Waals surface area (Å²) >= 11 is 8.32. The highest BCUT2D eigenvalue weighted by molar-refractivity contribution is 8.26. The van der Waals surface area contributed by atoms with Crippen molar-refractivity contribution in [2.45, 2.75) is 32.1 Å². The second kappa shape index (κ2) is 12.1. The quantitative estimate of drug-likeness (QED) is 0.151. The molecule has 2 N–H and O–H groups in total. The summed E-state index contributed by atoms with van der Waals surface area (Å²) in [6, 6.07) is 2.68. The maximum atomic E-state index is 13.2. The zero-order valence-electron chi connectivity index (χ0n) is 21.1. The van der Waals surface area contributed by atoms with Crippen molar-refractivity contribution in [3.63, 3.8) is 0 Å². The highest BCUT2D eigenvalue weighted by Gasteiger charge is 2.37. The van der Waals surface area contributed by atoms with Gasteiger partial charge in [-0.15, -0.1) is 22.7 Å². The Bertz CT molecular complexity index is 1580. The van der Waals surface area contributed by atoms with E-state index in [0.29, 0.717) is 27.6 Å². The summed E-state index contributed by atoms with van der Waals surface area (Å²) in [6.07, 6.45) is -8.98. The molecule has 17 heteroatoms. The highest BCUT2D eigenvalue weighted by Crippen LogP contribution is 2.40.